The number of fused-ring (bicyclic) bond motifs is 1. The van der Waals surface area contributed by atoms with E-state index in [1.807, 2.05) is 54.9 Å². The third-order valence-corrected chi connectivity index (χ3v) is 6.34. The molecule has 2 aromatic heterocycles. The number of ether oxygens (including phenoxy) is 1. The summed E-state index contributed by atoms with van der Waals surface area (Å²) in [6, 6.07) is 17.8. The van der Waals surface area contributed by atoms with Gasteiger partial charge in [0.1, 0.15) is 5.75 Å². The number of nitrogens with zero attached hydrogens (tertiary/aromatic N) is 4. The minimum atomic E-state index is 0.741. The van der Waals surface area contributed by atoms with Crippen LogP contribution in [-0.2, 0) is 19.5 Å². The standard InChI is InChI=1S/C26H24BrN5O/c1-33-25-9-5-20(27)12-22(25)24-8-2-17(13-29-24)15-32-11-10-23-19(16-32)14-30-26(31-23)18-3-6-21(28)7-4-18/h2-9,12-14H,10-11,15-16,28H2,1H3. The summed E-state index contributed by atoms with van der Waals surface area (Å²) in [5, 5.41) is 0. The fourth-order valence-corrected chi connectivity index (χ4v) is 4.46. The molecular formula is C26H24BrN5O. The van der Waals surface area contributed by atoms with Crippen LogP contribution in [0.1, 0.15) is 16.8 Å². The van der Waals surface area contributed by atoms with Gasteiger partial charge in [-0.05, 0) is 54.1 Å². The number of hydrogen-bond acceptors (Lipinski definition) is 6. The number of halogens is 1. The van der Waals surface area contributed by atoms with Gasteiger partial charge in [0.05, 0.1) is 18.5 Å². The molecule has 0 unspecified atom stereocenters. The Hall–Kier alpha value is -3.29. The smallest absolute Gasteiger partial charge is 0.159 e. The van der Waals surface area contributed by atoms with Crippen molar-refractivity contribution in [1.29, 1.82) is 0 Å². The first-order valence-electron chi connectivity index (χ1n) is 10.8. The minimum Gasteiger partial charge on any atom is -0.496 e. The Kier molecular flexibility index (Phi) is 6.07. The van der Waals surface area contributed by atoms with Crippen LogP contribution in [0.5, 0.6) is 5.75 Å². The number of benzene rings is 2. The van der Waals surface area contributed by atoms with Crippen LogP contribution in [0.15, 0.2) is 71.5 Å². The molecular weight excluding hydrogens is 478 g/mol. The molecule has 0 atom stereocenters. The topological polar surface area (TPSA) is 77.2 Å². The summed E-state index contributed by atoms with van der Waals surface area (Å²) in [6.45, 7) is 2.62. The number of methoxy groups -OCH3 is 1. The Morgan fingerprint density at radius 1 is 1.03 bits per heavy atom. The van der Waals surface area contributed by atoms with Crippen LogP contribution in [-0.4, -0.2) is 33.5 Å². The van der Waals surface area contributed by atoms with E-state index in [1.54, 1.807) is 7.11 Å². The summed E-state index contributed by atoms with van der Waals surface area (Å²) < 4.78 is 6.49. The molecule has 3 heterocycles. The molecule has 0 aliphatic carbocycles. The summed E-state index contributed by atoms with van der Waals surface area (Å²) in [4.78, 5) is 16.5. The number of anilines is 1. The zero-order chi connectivity index (χ0) is 22.8. The van der Waals surface area contributed by atoms with Crippen molar-refractivity contribution < 1.29 is 4.74 Å². The fraction of sp³-hybridized carbons (Fsp3) is 0.192. The Labute approximate surface area is 201 Å². The normalized spacial score (nSPS) is 13.5. The van der Waals surface area contributed by atoms with E-state index >= 15 is 0 Å². The largest absolute Gasteiger partial charge is 0.496 e. The monoisotopic (exact) mass is 501 g/mol. The Morgan fingerprint density at radius 3 is 2.64 bits per heavy atom. The lowest BCUT2D eigenvalue weighted by atomic mass is 10.1. The summed E-state index contributed by atoms with van der Waals surface area (Å²) >= 11 is 3.53. The summed E-state index contributed by atoms with van der Waals surface area (Å²) in [5.41, 5.74) is 12.9. The van der Waals surface area contributed by atoms with E-state index in [-0.39, 0.29) is 0 Å². The maximum absolute atomic E-state index is 5.79. The van der Waals surface area contributed by atoms with Gasteiger partial charge >= 0.3 is 0 Å². The molecule has 0 radical (unpaired) electrons. The van der Waals surface area contributed by atoms with Crippen molar-refractivity contribution in [2.45, 2.75) is 19.5 Å². The number of hydrogen-bond donors (Lipinski definition) is 1. The van der Waals surface area contributed by atoms with Gasteiger partial charge in [-0.1, -0.05) is 22.0 Å². The highest BCUT2D eigenvalue weighted by atomic mass is 79.9. The second-order valence-corrected chi connectivity index (χ2v) is 9.06. The molecule has 0 saturated heterocycles. The van der Waals surface area contributed by atoms with Crippen LogP contribution < -0.4 is 10.5 Å². The number of nitrogens with two attached hydrogens (primary N) is 1. The molecule has 0 amide bonds. The molecule has 4 aromatic rings. The minimum absolute atomic E-state index is 0.741. The molecule has 0 spiro atoms. The van der Waals surface area contributed by atoms with Gasteiger partial charge in [0, 0.05) is 65.3 Å². The van der Waals surface area contributed by atoms with Crippen molar-refractivity contribution in [3.05, 3.63) is 88.3 Å². The quantitative estimate of drug-likeness (QED) is 0.382. The van der Waals surface area contributed by atoms with Gasteiger partial charge in [-0.25, -0.2) is 9.97 Å². The lowest BCUT2D eigenvalue weighted by Gasteiger charge is -2.28. The summed E-state index contributed by atoms with van der Waals surface area (Å²) in [5.74, 6) is 1.56. The van der Waals surface area contributed by atoms with Crippen molar-refractivity contribution in [2.24, 2.45) is 0 Å². The molecule has 1 aliphatic rings. The average Bonchev–Trinajstić information content (AvgIpc) is 2.85. The highest BCUT2D eigenvalue weighted by Gasteiger charge is 2.19. The first-order chi connectivity index (χ1) is 16.1. The second-order valence-electron chi connectivity index (χ2n) is 8.14. The highest BCUT2D eigenvalue weighted by Crippen LogP contribution is 2.31. The summed E-state index contributed by atoms with van der Waals surface area (Å²) in [6.07, 6.45) is 4.81. The zero-order valence-electron chi connectivity index (χ0n) is 18.3. The predicted octanol–water partition coefficient (Wildman–Crippen LogP) is 5.12. The molecule has 7 heteroatoms. The number of nitrogen functional groups attached to an aromatic ring is 1. The Morgan fingerprint density at radius 2 is 1.88 bits per heavy atom. The van der Waals surface area contributed by atoms with Crippen LogP contribution in [0.25, 0.3) is 22.6 Å². The van der Waals surface area contributed by atoms with Crippen LogP contribution >= 0.6 is 15.9 Å². The van der Waals surface area contributed by atoms with Gasteiger partial charge in [0.2, 0.25) is 0 Å². The molecule has 0 bridgehead atoms. The van der Waals surface area contributed by atoms with Crippen molar-refractivity contribution in [3.63, 3.8) is 0 Å². The van der Waals surface area contributed by atoms with E-state index in [0.717, 1.165) is 70.3 Å². The molecule has 2 aromatic carbocycles. The number of pyridine rings is 1. The maximum Gasteiger partial charge on any atom is 0.159 e. The van der Waals surface area contributed by atoms with E-state index < -0.39 is 0 Å². The first-order valence-corrected chi connectivity index (χ1v) is 11.6. The fourth-order valence-electron chi connectivity index (χ4n) is 4.10. The van der Waals surface area contributed by atoms with Gasteiger partial charge in [-0.2, -0.15) is 0 Å². The third-order valence-electron chi connectivity index (χ3n) is 5.85. The average molecular weight is 502 g/mol. The zero-order valence-corrected chi connectivity index (χ0v) is 19.9. The van der Waals surface area contributed by atoms with Gasteiger partial charge in [0.15, 0.2) is 5.82 Å². The van der Waals surface area contributed by atoms with E-state index in [9.17, 15) is 0 Å². The molecule has 33 heavy (non-hydrogen) atoms. The molecule has 0 saturated carbocycles. The SMILES string of the molecule is COc1ccc(Br)cc1-c1ccc(CN2CCc3nc(-c4ccc(N)cc4)ncc3C2)cn1. The number of rotatable bonds is 5. The maximum atomic E-state index is 5.79. The van der Waals surface area contributed by atoms with Crippen molar-refractivity contribution in [2.75, 3.05) is 19.4 Å². The molecule has 1 aliphatic heterocycles. The Balaban J connectivity index is 1.28. The van der Waals surface area contributed by atoms with E-state index in [4.69, 9.17) is 20.4 Å². The Bertz CT molecular complexity index is 1280. The molecule has 5 rings (SSSR count). The third kappa shape index (κ3) is 4.74. The number of aromatic nitrogens is 3. The van der Waals surface area contributed by atoms with Crippen LogP contribution in [0, 0.1) is 0 Å². The van der Waals surface area contributed by atoms with Gasteiger partial charge in [-0.15, -0.1) is 0 Å². The lowest BCUT2D eigenvalue weighted by molar-refractivity contribution is 0.242. The van der Waals surface area contributed by atoms with Crippen LogP contribution in [0.2, 0.25) is 0 Å². The second kappa shape index (κ2) is 9.29. The molecule has 2 N–H and O–H groups in total. The van der Waals surface area contributed by atoms with Crippen molar-refractivity contribution in [3.8, 4) is 28.4 Å². The lowest BCUT2D eigenvalue weighted by Crippen LogP contribution is -2.31. The molecule has 0 fully saturated rings. The van der Waals surface area contributed by atoms with Crippen molar-refractivity contribution in [1.82, 2.24) is 19.9 Å². The van der Waals surface area contributed by atoms with Gasteiger partial charge in [0.25, 0.3) is 0 Å². The van der Waals surface area contributed by atoms with Crippen LogP contribution in [0.3, 0.4) is 0 Å². The van der Waals surface area contributed by atoms with Gasteiger partial charge in [-0.3, -0.25) is 9.88 Å². The van der Waals surface area contributed by atoms with E-state index in [0.29, 0.717) is 0 Å². The van der Waals surface area contributed by atoms with Gasteiger partial charge < -0.3 is 10.5 Å². The van der Waals surface area contributed by atoms with E-state index in [2.05, 4.69) is 37.9 Å². The van der Waals surface area contributed by atoms with Crippen molar-refractivity contribution >= 4 is 21.6 Å². The first kappa shape index (κ1) is 21.6. The predicted molar refractivity (Wildman–Crippen MR) is 134 cm³/mol. The molecule has 166 valence electrons. The highest BCUT2D eigenvalue weighted by molar-refractivity contribution is 9.10. The molecule has 6 nitrogen and oxygen atoms in total. The van der Waals surface area contributed by atoms with E-state index in [1.165, 1.54) is 11.1 Å². The van der Waals surface area contributed by atoms with Crippen LogP contribution in [0.4, 0.5) is 5.69 Å². The summed E-state index contributed by atoms with van der Waals surface area (Å²) in [7, 11) is 1.68.